The average molecular weight is 585 g/mol. The van der Waals surface area contributed by atoms with Crippen molar-refractivity contribution in [1.82, 2.24) is 19.3 Å². The second-order valence-corrected chi connectivity index (χ2v) is 10.8. The molecule has 0 spiro atoms. The Morgan fingerprint density at radius 3 is 2.23 bits per heavy atom. The number of aromatic nitrogens is 4. The lowest BCUT2D eigenvalue weighted by Gasteiger charge is -2.12. The summed E-state index contributed by atoms with van der Waals surface area (Å²) in [6.45, 7) is 5.96. The van der Waals surface area contributed by atoms with Crippen LogP contribution in [0.4, 0.5) is 8.78 Å². The van der Waals surface area contributed by atoms with Gasteiger partial charge in [-0.1, -0.05) is 44.2 Å². The van der Waals surface area contributed by atoms with E-state index in [9.17, 15) is 8.78 Å². The molecule has 0 bridgehead atoms. The van der Waals surface area contributed by atoms with Gasteiger partial charge in [0.05, 0.1) is 33.7 Å². The minimum Gasteiger partial charge on any atom is -0.457 e. The molecule has 3 heterocycles. The molecule has 0 atom stereocenters. The largest absolute Gasteiger partial charge is 0.457 e. The predicted octanol–water partition coefficient (Wildman–Crippen LogP) is 9.54. The van der Waals surface area contributed by atoms with Crippen molar-refractivity contribution in [2.75, 3.05) is 0 Å². The first-order valence-electron chi connectivity index (χ1n) is 14.8. The summed E-state index contributed by atoms with van der Waals surface area (Å²) >= 11 is 0. The fourth-order valence-corrected chi connectivity index (χ4v) is 6.03. The number of pyridine rings is 1. The van der Waals surface area contributed by atoms with Gasteiger partial charge in [-0.2, -0.15) is 5.10 Å². The van der Waals surface area contributed by atoms with E-state index in [1.54, 1.807) is 4.68 Å². The van der Waals surface area contributed by atoms with E-state index in [2.05, 4.69) is 40.7 Å². The van der Waals surface area contributed by atoms with Crippen LogP contribution in [-0.4, -0.2) is 19.3 Å². The quantitative estimate of drug-likeness (QED) is 0.187. The van der Waals surface area contributed by atoms with Crippen LogP contribution in [0.15, 0.2) is 103 Å². The van der Waals surface area contributed by atoms with Crippen molar-refractivity contribution in [1.29, 1.82) is 0 Å². The first-order valence-corrected chi connectivity index (χ1v) is 14.8. The predicted molar refractivity (Wildman–Crippen MR) is 171 cm³/mol. The highest BCUT2D eigenvalue weighted by molar-refractivity contribution is 6.09. The maximum Gasteiger partial charge on any atom is 0.137 e. The second kappa shape index (κ2) is 11.1. The van der Waals surface area contributed by atoms with E-state index in [-0.39, 0.29) is 5.56 Å². The summed E-state index contributed by atoms with van der Waals surface area (Å²) in [6.07, 6.45) is 2.89. The molecular weight excluding hydrogens is 554 g/mol. The van der Waals surface area contributed by atoms with Crippen LogP contribution >= 0.6 is 0 Å². The van der Waals surface area contributed by atoms with Crippen LogP contribution in [0, 0.1) is 18.6 Å². The third-order valence-electron chi connectivity index (χ3n) is 8.01. The van der Waals surface area contributed by atoms with Crippen molar-refractivity contribution in [2.45, 2.75) is 33.6 Å². The molecule has 0 saturated heterocycles. The van der Waals surface area contributed by atoms with Gasteiger partial charge >= 0.3 is 0 Å². The van der Waals surface area contributed by atoms with Crippen molar-refractivity contribution in [3.8, 4) is 34.1 Å². The summed E-state index contributed by atoms with van der Waals surface area (Å²) in [5.74, 6) is 0.938. The normalized spacial score (nSPS) is 11.5. The Hall–Kier alpha value is -5.30. The van der Waals surface area contributed by atoms with E-state index >= 15 is 0 Å². The Morgan fingerprint density at radius 1 is 0.705 bits per heavy atom. The molecule has 4 aromatic carbocycles. The molecule has 5 nitrogen and oxygen atoms in total. The molecule has 3 aromatic heterocycles. The molecular formula is C37H30F2N4O. The molecule has 0 amide bonds. The lowest BCUT2D eigenvalue weighted by Crippen LogP contribution is -2.03. The highest BCUT2D eigenvalue weighted by atomic mass is 19.1. The SMILES string of the molecule is CCc1nn(-c2cccc(Oc3ccc4c5ccccc5n(-c5cc(C)ccn5)c4c3)c2)c(CC)c1-c1c(F)cccc1F. The highest BCUT2D eigenvalue weighted by Gasteiger charge is 2.24. The summed E-state index contributed by atoms with van der Waals surface area (Å²) in [6, 6.07) is 30.0. The Labute approximate surface area is 254 Å². The lowest BCUT2D eigenvalue weighted by molar-refractivity contribution is 0.482. The van der Waals surface area contributed by atoms with Gasteiger partial charge in [-0.15, -0.1) is 0 Å². The second-order valence-electron chi connectivity index (χ2n) is 10.8. The number of aryl methyl sites for hydroxylation is 2. The minimum absolute atomic E-state index is 0.0355. The van der Waals surface area contributed by atoms with E-state index < -0.39 is 11.6 Å². The number of benzene rings is 4. The van der Waals surface area contributed by atoms with Crippen molar-refractivity contribution in [2.24, 2.45) is 0 Å². The first-order chi connectivity index (χ1) is 21.5. The Kier molecular flexibility index (Phi) is 6.93. The van der Waals surface area contributed by atoms with Gasteiger partial charge in [-0.25, -0.2) is 18.4 Å². The van der Waals surface area contributed by atoms with Gasteiger partial charge in [0.25, 0.3) is 0 Å². The third-order valence-corrected chi connectivity index (χ3v) is 8.01. The van der Waals surface area contributed by atoms with E-state index in [4.69, 9.17) is 9.84 Å². The molecule has 0 aliphatic carbocycles. The third kappa shape index (κ3) is 4.61. The van der Waals surface area contributed by atoms with Crippen molar-refractivity contribution < 1.29 is 13.5 Å². The fourth-order valence-electron chi connectivity index (χ4n) is 6.03. The molecule has 0 saturated carbocycles. The van der Waals surface area contributed by atoms with E-state index in [0.29, 0.717) is 35.6 Å². The smallest absolute Gasteiger partial charge is 0.137 e. The molecule has 0 aliphatic heterocycles. The molecule has 0 fully saturated rings. The van der Waals surface area contributed by atoms with Crippen LogP contribution in [0.1, 0.15) is 30.8 Å². The average Bonchev–Trinajstić information content (AvgIpc) is 3.56. The zero-order valence-electron chi connectivity index (χ0n) is 24.7. The van der Waals surface area contributed by atoms with Gasteiger partial charge < -0.3 is 4.74 Å². The van der Waals surface area contributed by atoms with Gasteiger partial charge in [0.2, 0.25) is 0 Å². The van der Waals surface area contributed by atoms with Crippen LogP contribution in [0.3, 0.4) is 0 Å². The maximum absolute atomic E-state index is 14.9. The molecule has 7 rings (SSSR count). The number of halogens is 2. The molecule has 0 N–H and O–H groups in total. The molecule has 0 unspecified atom stereocenters. The number of fused-ring (bicyclic) bond motifs is 3. The van der Waals surface area contributed by atoms with Crippen molar-refractivity contribution in [3.63, 3.8) is 0 Å². The number of hydrogen-bond acceptors (Lipinski definition) is 3. The molecule has 0 radical (unpaired) electrons. The van der Waals surface area contributed by atoms with Gasteiger partial charge in [-0.3, -0.25) is 4.57 Å². The maximum atomic E-state index is 14.9. The first kappa shape index (κ1) is 27.5. The number of rotatable bonds is 7. The Morgan fingerprint density at radius 2 is 1.45 bits per heavy atom. The van der Waals surface area contributed by atoms with Crippen LogP contribution in [-0.2, 0) is 12.8 Å². The van der Waals surface area contributed by atoms with Crippen molar-refractivity contribution in [3.05, 3.63) is 132 Å². The summed E-state index contributed by atoms with van der Waals surface area (Å²) in [4.78, 5) is 4.67. The number of nitrogens with zero attached hydrogens (tertiary/aromatic N) is 4. The summed E-state index contributed by atoms with van der Waals surface area (Å²) < 4.78 is 40.2. The van der Waals surface area contributed by atoms with Gasteiger partial charge in [0.15, 0.2) is 0 Å². The number of para-hydroxylation sites is 1. The van der Waals surface area contributed by atoms with E-state index in [1.165, 1.54) is 18.2 Å². The van der Waals surface area contributed by atoms with Crippen LogP contribution < -0.4 is 4.74 Å². The van der Waals surface area contributed by atoms with Gasteiger partial charge in [-0.05, 0) is 79.9 Å². The number of ether oxygens (including phenoxy) is 1. The summed E-state index contributed by atoms with van der Waals surface area (Å²) in [7, 11) is 0. The zero-order valence-corrected chi connectivity index (χ0v) is 24.7. The minimum atomic E-state index is -0.597. The Balaban J connectivity index is 1.31. The molecule has 0 aliphatic rings. The molecule has 7 heteroatoms. The monoisotopic (exact) mass is 584 g/mol. The van der Waals surface area contributed by atoms with Gasteiger partial charge in [0, 0.05) is 34.7 Å². The van der Waals surface area contributed by atoms with E-state index in [1.807, 2.05) is 74.6 Å². The van der Waals surface area contributed by atoms with Crippen LogP contribution in [0.5, 0.6) is 11.5 Å². The summed E-state index contributed by atoms with van der Waals surface area (Å²) in [5, 5.41) is 7.06. The van der Waals surface area contributed by atoms with Crippen LogP contribution in [0.2, 0.25) is 0 Å². The van der Waals surface area contributed by atoms with Gasteiger partial charge in [0.1, 0.15) is 29.0 Å². The Bertz CT molecular complexity index is 2160. The molecule has 218 valence electrons. The standard InChI is InChI=1S/C37H30F2N4O/c1-4-31-37(36-29(38)13-9-14-30(36)39)32(5-2)43(41-31)24-10-8-11-25(21-24)44-26-16-17-28-27-12-6-7-15-33(27)42(34(28)22-26)35-20-23(3)18-19-40-35/h6-22H,4-5H2,1-3H3. The lowest BCUT2D eigenvalue weighted by atomic mass is 9.99. The summed E-state index contributed by atoms with van der Waals surface area (Å²) in [5.41, 5.74) is 5.78. The fraction of sp³-hybridized carbons (Fsp3) is 0.135. The molecule has 7 aromatic rings. The van der Waals surface area contributed by atoms with Crippen LogP contribution in [0.25, 0.3) is 44.4 Å². The topological polar surface area (TPSA) is 44.9 Å². The highest BCUT2D eigenvalue weighted by Crippen LogP contribution is 2.37. The number of hydrogen-bond donors (Lipinski definition) is 0. The van der Waals surface area contributed by atoms with Crippen molar-refractivity contribution >= 4 is 21.8 Å². The zero-order chi connectivity index (χ0) is 30.4. The molecule has 44 heavy (non-hydrogen) atoms. The van der Waals surface area contributed by atoms with E-state index in [0.717, 1.165) is 44.6 Å².